The molecule has 1 aliphatic carbocycles. The van der Waals surface area contributed by atoms with Gasteiger partial charge in [0.25, 0.3) is 0 Å². The van der Waals surface area contributed by atoms with Crippen LogP contribution in [0, 0.1) is 6.92 Å². The molecule has 0 aliphatic heterocycles. The average Bonchev–Trinajstić information content (AvgIpc) is 3.36. The van der Waals surface area contributed by atoms with Gasteiger partial charge in [-0.25, -0.2) is 4.99 Å². The molecule has 1 amide bonds. The van der Waals surface area contributed by atoms with E-state index in [2.05, 4.69) is 27.0 Å². The fourth-order valence-electron chi connectivity index (χ4n) is 2.26. The number of benzene rings is 1. The van der Waals surface area contributed by atoms with Crippen molar-refractivity contribution in [1.82, 2.24) is 16.0 Å². The SMILES string of the molecule is CCNC(=NCc1ccc(C)cc1OCC)NCC(=O)NC1CC1.I. The first-order valence-corrected chi connectivity index (χ1v) is 8.66. The number of nitrogens with zero attached hydrogens (tertiary/aromatic N) is 1. The first-order valence-electron chi connectivity index (χ1n) is 8.66. The van der Waals surface area contributed by atoms with Crippen LogP contribution in [-0.2, 0) is 11.3 Å². The number of aliphatic imine (C=N–C) groups is 1. The van der Waals surface area contributed by atoms with Crippen LogP contribution in [0.25, 0.3) is 0 Å². The lowest BCUT2D eigenvalue weighted by Crippen LogP contribution is -2.43. The molecule has 140 valence electrons. The van der Waals surface area contributed by atoms with Gasteiger partial charge in [-0.15, -0.1) is 24.0 Å². The third-order valence-electron chi connectivity index (χ3n) is 3.63. The summed E-state index contributed by atoms with van der Waals surface area (Å²) in [5.74, 6) is 1.50. The zero-order valence-electron chi connectivity index (χ0n) is 15.2. The van der Waals surface area contributed by atoms with Crippen LogP contribution in [0.3, 0.4) is 0 Å². The molecular formula is C18H29IN4O2. The van der Waals surface area contributed by atoms with E-state index in [9.17, 15) is 4.79 Å². The van der Waals surface area contributed by atoms with Crippen molar-refractivity contribution < 1.29 is 9.53 Å². The van der Waals surface area contributed by atoms with Crippen molar-refractivity contribution >= 4 is 35.8 Å². The van der Waals surface area contributed by atoms with Gasteiger partial charge in [-0.2, -0.15) is 0 Å². The standard InChI is InChI=1S/C18H28N4O2.HI/c1-4-19-18(21-12-17(23)22-15-8-9-15)20-11-14-7-6-13(3)10-16(14)24-5-2;/h6-7,10,15H,4-5,8-9,11-12H2,1-3H3,(H,22,23)(H2,19,20,21);1H. The van der Waals surface area contributed by atoms with Crippen LogP contribution < -0.4 is 20.7 Å². The summed E-state index contributed by atoms with van der Waals surface area (Å²) in [5.41, 5.74) is 2.19. The molecule has 0 bridgehead atoms. The Morgan fingerprint density at radius 2 is 2.04 bits per heavy atom. The van der Waals surface area contributed by atoms with Crippen molar-refractivity contribution in [3.05, 3.63) is 29.3 Å². The summed E-state index contributed by atoms with van der Waals surface area (Å²) in [6, 6.07) is 6.49. The fraction of sp³-hybridized carbons (Fsp3) is 0.556. The maximum absolute atomic E-state index is 11.8. The van der Waals surface area contributed by atoms with Crippen LogP contribution in [-0.4, -0.2) is 37.6 Å². The maximum Gasteiger partial charge on any atom is 0.239 e. The highest BCUT2D eigenvalue weighted by Crippen LogP contribution is 2.21. The smallest absolute Gasteiger partial charge is 0.239 e. The molecule has 1 fully saturated rings. The van der Waals surface area contributed by atoms with Gasteiger partial charge in [0.1, 0.15) is 5.75 Å². The van der Waals surface area contributed by atoms with Crippen LogP contribution in [0.2, 0.25) is 0 Å². The van der Waals surface area contributed by atoms with Crippen molar-refractivity contribution in [3.8, 4) is 5.75 Å². The zero-order valence-corrected chi connectivity index (χ0v) is 17.6. The number of aryl methyl sites for hydroxylation is 1. The Morgan fingerprint density at radius 3 is 2.68 bits per heavy atom. The number of hydrogen-bond acceptors (Lipinski definition) is 3. The number of halogens is 1. The molecule has 0 spiro atoms. The minimum atomic E-state index is 0. The van der Waals surface area contributed by atoms with Crippen LogP contribution >= 0.6 is 24.0 Å². The Bertz CT molecular complexity index is 588. The lowest BCUT2D eigenvalue weighted by Gasteiger charge is -2.13. The molecule has 0 radical (unpaired) electrons. The Labute approximate surface area is 167 Å². The predicted molar refractivity (Wildman–Crippen MR) is 112 cm³/mol. The quantitative estimate of drug-likeness (QED) is 0.317. The Balaban J connectivity index is 0.00000312. The molecule has 0 heterocycles. The van der Waals surface area contributed by atoms with Crippen molar-refractivity contribution in [3.63, 3.8) is 0 Å². The summed E-state index contributed by atoms with van der Waals surface area (Å²) in [5, 5.41) is 9.18. The van der Waals surface area contributed by atoms with E-state index in [-0.39, 0.29) is 36.4 Å². The predicted octanol–water partition coefficient (Wildman–Crippen LogP) is 2.35. The highest BCUT2D eigenvalue weighted by molar-refractivity contribution is 14.0. The van der Waals surface area contributed by atoms with Crippen LogP contribution in [0.5, 0.6) is 5.75 Å². The van der Waals surface area contributed by atoms with E-state index in [1.54, 1.807) is 0 Å². The first-order chi connectivity index (χ1) is 11.6. The van der Waals surface area contributed by atoms with Crippen molar-refractivity contribution in [2.45, 2.75) is 46.2 Å². The molecule has 0 saturated heterocycles. The lowest BCUT2D eigenvalue weighted by atomic mass is 10.1. The van der Waals surface area contributed by atoms with E-state index >= 15 is 0 Å². The largest absolute Gasteiger partial charge is 0.494 e. The molecule has 2 rings (SSSR count). The number of ether oxygens (including phenoxy) is 1. The number of nitrogens with one attached hydrogen (secondary N) is 3. The van der Waals surface area contributed by atoms with E-state index in [1.165, 1.54) is 0 Å². The summed E-state index contributed by atoms with van der Waals surface area (Å²) >= 11 is 0. The molecule has 25 heavy (non-hydrogen) atoms. The molecule has 7 heteroatoms. The summed E-state index contributed by atoms with van der Waals surface area (Å²) in [4.78, 5) is 16.3. The summed E-state index contributed by atoms with van der Waals surface area (Å²) in [6.07, 6.45) is 2.18. The second kappa shape index (κ2) is 11.2. The van der Waals surface area contributed by atoms with E-state index in [0.717, 1.165) is 36.3 Å². The van der Waals surface area contributed by atoms with Gasteiger partial charge in [-0.3, -0.25) is 4.79 Å². The van der Waals surface area contributed by atoms with Gasteiger partial charge in [0, 0.05) is 18.2 Å². The molecule has 1 aromatic carbocycles. The van der Waals surface area contributed by atoms with Gasteiger partial charge in [-0.1, -0.05) is 12.1 Å². The number of rotatable bonds is 8. The Hall–Kier alpha value is -1.51. The average molecular weight is 460 g/mol. The summed E-state index contributed by atoms with van der Waals surface area (Å²) in [6.45, 7) is 8.10. The van der Waals surface area contributed by atoms with Crippen molar-refractivity contribution in [2.24, 2.45) is 4.99 Å². The molecule has 6 nitrogen and oxygen atoms in total. The minimum Gasteiger partial charge on any atom is -0.494 e. The van der Waals surface area contributed by atoms with Crippen molar-refractivity contribution in [2.75, 3.05) is 19.7 Å². The second-order valence-corrected chi connectivity index (χ2v) is 5.93. The van der Waals surface area contributed by atoms with E-state index in [1.807, 2.05) is 32.9 Å². The van der Waals surface area contributed by atoms with Crippen LogP contribution in [0.15, 0.2) is 23.2 Å². The maximum atomic E-state index is 11.8. The van der Waals surface area contributed by atoms with Gasteiger partial charge in [0.2, 0.25) is 5.91 Å². The molecule has 1 aliphatic rings. The lowest BCUT2D eigenvalue weighted by molar-refractivity contribution is -0.120. The molecule has 0 atom stereocenters. The van der Waals surface area contributed by atoms with Gasteiger partial charge < -0.3 is 20.7 Å². The van der Waals surface area contributed by atoms with Gasteiger partial charge in [0.05, 0.1) is 19.7 Å². The van der Waals surface area contributed by atoms with E-state index in [4.69, 9.17) is 4.74 Å². The van der Waals surface area contributed by atoms with E-state index < -0.39 is 0 Å². The number of carbonyl (C=O) groups is 1. The van der Waals surface area contributed by atoms with Crippen molar-refractivity contribution in [1.29, 1.82) is 0 Å². The van der Waals surface area contributed by atoms with Crippen LogP contribution in [0.1, 0.15) is 37.8 Å². The molecule has 3 N–H and O–H groups in total. The van der Waals surface area contributed by atoms with Gasteiger partial charge in [-0.05, 0) is 45.2 Å². The number of hydrogen-bond donors (Lipinski definition) is 3. The third kappa shape index (κ3) is 7.94. The highest BCUT2D eigenvalue weighted by atomic mass is 127. The molecule has 1 aromatic rings. The van der Waals surface area contributed by atoms with Gasteiger partial charge >= 0.3 is 0 Å². The summed E-state index contributed by atoms with van der Waals surface area (Å²) < 4.78 is 5.68. The third-order valence-corrected chi connectivity index (χ3v) is 3.63. The van der Waals surface area contributed by atoms with Crippen LogP contribution in [0.4, 0.5) is 0 Å². The number of amides is 1. The molecular weight excluding hydrogens is 431 g/mol. The topological polar surface area (TPSA) is 74.8 Å². The zero-order chi connectivity index (χ0) is 17.4. The molecule has 0 aromatic heterocycles. The fourth-order valence-corrected chi connectivity index (χ4v) is 2.26. The minimum absolute atomic E-state index is 0. The summed E-state index contributed by atoms with van der Waals surface area (Å²) in [7, 11) is 0. The first kappa shape index (κ1) is 21.5. The van der Waals surface area contributed by atoms with E-state index in [0.29, 0.717) is 25.2 Å². The monoisotopic (exact) mass is 460 g/mol. The normalized spacial score (nSPS) is 13.6. The Kier molecular flexibility index (Phi) is 9.62. The molecule has 0 unspecified atom stereocenters. The number of guanidine groups is 1. The Morgan fingerprint density at radius 1 is 1.28 bits per heavy atom. The molecule has 1 saturated carbocycles. The second-order valence-electron chi connectivity index (χ2n) is 5.93. The number of carbonyl (C=O) groups excluding carboxylic acids is 1. The van der Waals surface area contributed by atoms with Gasteiger partial charge in [0.15, 0.2) is 5.96 Å². The highest BCUT2D eigenvalue weighted by Gasteiger charge is 2.22.